The van der Waals surface area contributed by atoms with Gasteiger partial charge in [-0.05, 0) is 38.1 Å². The lowest BCUT2D eigenvalue weighted by Gasteiger charge is -2.34. The molecule has 0 bridgehead atoms. The molecule has 2 rings (SSSR count). The first-order valence-corrected chi connectivity index (χ1v) is 6.54. The van der Waals surface area contributed by atoms with Crippen LogP contribution in [0.15, 0.2) is 0 Å². The number of nitrogens with two attached hydrogens (primary N) is 1. The summed E-state index contributed by atoms with van der Waals surface area (Å²) in [6.07, 6.45) is 3.26. The largest absolute Gasteiger partial charge is 0.369 e. The summed E-state index contributed by atoms with van der Waals surface area (Å²) in [5.41, 5.74) is 5.30. The SMILES string of the molecule is NC(=O)C1CCN([C@@H]2CCSC2)CC1. The predicted molar refractivity (Wildman–Crippen MR) is 59.2 cm³/mol. The van der Waals surface area contributed by atoms with Gasteiger partial charge in [0.15, 0.2) is 0 Å². The number of thioether (sulfide) groups is 1. The number of hydrogen-bond donors (Lipinski definition) is 1. The molecular formula is C10H18N2OS. The number of piperidine rings is 1. The van der Waals surface area contributed by atoms with Crippen molar-refractivity contribution in [3.05, 3.63) is 0 Å². The highest BCUT2D eigenvalue weighted by Gasteiger charge is 2.28. The summed E-state index contributed by atoms with van der Waals surface area (Å²) >= 11 is 2.05. The smallest absolute Gasteiger partial charge is 0.220 e. The van der Waals surface area contributed by atoms with Crippen LogP contribution in [0.25, 0.3) is 0 Å². The Hall–Kier alpha value is -0.220. The third-order valence-corrected chi connectivity index (χ3v) is 4.50. The fraction of sp³-hybridized carbons (Fsp3) is 0.900. The van der Waals surface area contributed by atoms with E-state index in [2.05, 4.69) is 4.90 Å². The van der Waals surface area contributed by atoms with Gasteiger partial charge in [0.05, 0.1) is 0 Å². The Balaban J connectivity index is 1.80. The van der Waals surface area contributed by atoms with Gasteiger partial charge in [0, 0.05) is 17.7 Å². The molecular weight excluding hydrogens is 196 g/mol. The van der Waals surface area contributed by atoms with Crippen molar-refractivity contribution < 1.29 is 4.79 Å². The number of primary amides is 1. The zero-order valence-electron chi connectivity index (χ0n) is 8.45. The van der Waals surface area contributed by atoms with Crippen molar-refractivity contribution in [1.29, 1.82) is 0 Å². The third-order valence-electron chi connectivity index (χ3n) is 3.35. The fourth-order valence-electron chi connectivity index (χ4n) is 2.36. The van der Waals surface area contributed by atoms with Crippen LogP contribution in [0.5, 0.6) is 0 Å². The zero-order valence-corrected chi connectivity index (χ0v) is 9.26. The summed E-state index contributed by atoms with van der Waals surface area (Å²) in [6.45, 7) is 2.14. The Labute approximate surface area is 89.4 Å². The first-order valence-electron chi connectivity index (χ1n) is 5.38. The minimum absolute atomic E-state index is 0.106. The van der Waals surface area contributed by atoms with Gasteiger partial charge in [-0.2, -0.15) is 11.8 Å². The van der Waals surface area contributed by atoms with Gasteiger partial charge in [-0.15, -0.1) is 0 Å². The molecule has 1 atom stereocenters. The summed E-state index contributed by atoms with van der Waals surface area (Å²) in [4.78, 5) is 13.5. The van der Waals surface area contributed by atoms with Crippen molar-refractivity contribution >= 4 is 17.7 Å². The third kappa shape index (κ3) is 2.23. The number of carbonyl (C=O) groups is 1. The van der Waals surface area contributed by atoms with Crippen molar-refractivity contribution in [2.45, 2.75) is 25.3 Å². The van der Waals surface area contributed by atoms with Crippen LogP contribution in [0, 0.1) is 5.92 Å². The highest BCUT2D eigenvalue weighted by Crippen LogP contribution is 2.26. The van der Waals surface area contributed by atoms with Crippen LogP contribution < -0.4 is 5.73 Å². The molecule has 0 spiro atoms. The first kappa shape index (κ1) is 10.3. The molecule has 14 heavy (non-hydrogen) atoms. The normalized spacial score (nSPS) is 30.7. The summed E-state index contributed by atoms with van der Waals surface area (Å²) in [5.74, 6) is 2.62. The summed E-state index contributed by atoms with van der Waals surface area (Å²) < 4.78 is 0. The molecule has 80 valence electrons. The van der Waals surface area contributed by atoms with Gasteiger partial charge >= 0.3 is 0 Å². The standard InChI is InChI=1S/C10H18N2OS/c11-10(13)8-1-4-12(5-2-8)9-3-6-14-7-9/h8-9H,1-7H2,(H2,11,13)/t9-/m1/s1. The molecule has 3 nitrogen and oxygen atoms in total. The fourth-order valence-corrected chi connectivity index (χ4v) is 3.61. The minimum Gasteiger partial charge on any atom is -0.369 e. The van der Waals surface area contributed by atoms with E-state index in [0.29, 0.717) is 0 Å². The Morgan fingerprint density at radius 2 is 2.00 bits per heavy atom. The van der Waals surface area contributed by atoms with Crippen molar-refractivity contribution in [2.75, 3.05) is 24.6 Å². The van der Waals surface area contributed by atoms with Gasteiger partial charge in [0.1, 0.15) is 0 Å². The molecule has 0 unspecified atom stereocenters. The Bertz CT molecular complexity index is 208. The maximum atomic E-state index is 11.0. The van der Waals surface area contributed by atoms with Crippen LogP contribution in [0.1, 0.15) is 19.3 Å². The van der Waals surface area contributed by atoms with Gasteiger partial charge < -0.3 is 5.73 Å². The van der Waals surface area contributed by atoms with E-state index in [9.17, 15) is 4.79 Å². The lowest BCUT2D eigenvalue weighted by molar-refractivity contribution is -0.123. The molecule has 4 heteroatoms. The predicted octanol–water partition coefficient (Wildman–Crippen LogP) is 0.689. The number of likely N-dealkylation sites (tertiary alicyclic amines) is 1. The van der Waals surface area contributed by atoms with Gasteiger partial charge in [-0.25, -0.2) is 0 Å². The summed E-state index contributed by atoms with van der Waals surface area (Å²) in [6, 6.07) is 0.772. The van der Waals surface area contributed by atoms with E-state index in [1.165, 1.54) is 17.9 Å². The molecule has 0 aromatic rings. The molecule has 0 aromatic heterocycles. The average Bonchev–Trinajstić information content (AvgIpc) is 2.71. The van der Waals surface area contributed by atoms with E-state index in [4.69, 9.17) is 5.73 Å². The van der Waals surface area contributed by atoms with Crippen LogP contribution in [-0.4, -0.2) is 41.4 Å². The lowest BCUT2D eigenvalue weighted by Crippen LogP contribution is -2.43. The molecule has 0 radical (unpaired) electrons. The van der Waals surface area contributed by atoms with Gasteiger partial charge in [0.25, 0.3) is 0 Å². The first-order chi connectivity index (χ1) is 6.77. The maximum Gasteiger partial charge on any atom is 0.220 e. The molecule has 0 aliphatic carbocycles. The van der Waals surface area contributed by atoms with Gasteiger partial charge in [-0.1, -0.05) is 0 Å². The average molecular weight is 214 g/mol. The number of amides is 1. The van der Waals surface area contributed by atoms with Crippen molar-refractivity contribution in [3.8, 4) is 0 Å². The van der Waals surface area contributed by atoms with Crippen LogP contribution >= 0.6 is 11.8 Å². The molecule has 0 aromatic carbocycles. The molecule has 2 fully saturated rings. The molecule has 2 heterocycles. The number of carbonyl (C=O) groups excluding carboxylic acids is 1. The lowest BCUT2D eigenvalue weighted by atomic mass is 9.95. The second-order valence-electron chi connectivity index (χ2n) is 4.23. The topological polar surface area (TPSA) is 46.3 Å². The highest BCUT2D eigenvalue weighted by atomic mass is 32.2. The summed E-state index contributed by atoms with van der Waals surface area (Å²) in [5, 5.41) is 0. The quantitative estimate of drug-likeness (QED) is 0.735. The van der Waals surface area contributed by atoms with Crippen LogP contribution in [0.4, 0.5) is 0 Å². The monoisotopic (exact) mass is 214 g/mol. The minimum atomic E-state index is -0.106. The maximum absolute atomic E-state index is 11.0. The second-order valence-corrected chi connectivity index (χ2v) is 5.38. The molecule has 1 amide bonds. The van der Waals surface area contributed by atoms with Crippen molar-refractivity contribution in [2.24, 2.45) is 11.7 Å². The summed E-state index contributed by atoms with van der Waals surface area (Å²) in [7, 11) is 0. The zero-order chi connectivity index (χ0) is 9.97. The second kappa shape index (κ2) is 4.53. The van der Waals surface area contributed by atoms with E-state index in [1.807, 2.05) is 11.8 Å². The van der Waals surface area contributed by atoms with E-state index < -0.39 is 0 Å². The Morgan fingerprint density at radius 3 is 2.50 bits per heavy atom. The van der Waals surface area contributed by atoms with Crippen molar-refractivity contribution in [1.82, 2.24) is 4.90 Å². The molecule has 0 saturated carbocycles. The number of hydrogen-bond acceptors (Lipinski definition) is 3. The Morgan fingerprint density at radius 1 is 1.29 bits per heavy atom. The van der Waals surface area contributed by atoms with E-state index >= 15 is 0 Å². The van der Waals surface area contributed by atoms with Gasteiger partial charge in [-0.3, -0.25) is 9.69 Å². The molecule has 2 saturated heterocycles. The Kier molecular flexibility index (Phi) is 3.34. The van der Waals surface area contributed by atoms with E-state index in [0.717, 1.165) is 32.0 Å². The molecule has 2 aliphatic rings. The number of nitrogens with zero attached hydrogens (tertiary/aromatic N) is 1. The van der Waals surface area contributed by atoms with Crippen LogP contribution in [0.3, 0.4) is 0 Å². The van der Waals surface area contributed by atoms with Gasteiger partial charge in [0.2, 0.25) is 5.91 Å². The van der Waals surface area contributed by atoms with Crippen LogP contribution in [0.2, 0.25) is 0 Å². The van der Waals surface area contributed by atoms with E-state index in [-0.39, 0.29) is 11.8 Å². The highest BCUT2D eigenvalue weighted by molar-refractivity contribution is 7.99. The molecule has 2 aliphatic heterocycles. The number of rotatable bonds is 2. The molecule has 2 N–H and O–H groups in total. The van der Waals surface area contributed by atoms with E-state index in [1.54, 1.807) is 0 Å². The van der Waals surface area contributed by atoms with Crippen molar-refractivity contribution in [3.63, 3.8) is 0 Å². The van der Waals surface area contributed by atoms with Crippen LogP contribution in [-0.2, 0) is 4.79 Å².